The van der Waals surface area contributed by atoms with Crippen molar-refractivity contribution in [1.29, 1.82) is 0 Å². The largest absolute Gasteiger partial charge is 0.393 e. The van der Waals surface area contributed by atoms with Crippen molar-refractivity contribution in [3.8, 4) is 0 Å². The first kappa shape index (κ1) is 29.3. The van der Waals surface area contributed by atoms with Gasteiger partial charge < -0.3 is 32.9 Å². The Kier molecular flexibility index (Phi) is 15.5. The number of aliphatic hydroxyl groups excluding tert-OH is 1. The third-order valence-electron chi connectivity index (χ3n) is 4.96. The van der Waals surface area contributed by atoms with Gasteiger partial charge in [0.1, 0.15) is 12.1 Å². The number of unbranched alkanes of at least 4 members (excludes halogenated alkanes) is 6. The Balaban J connectivity index is 4.62. The molecule has 0 aromatic carbocycles. The summed E-state index contributed by atoms with van der Waals surface area (Å²) in [5.41, 5.74) is 15.4. The zero-order chi connectivity index (χ0) is 24.5. The van der Waals surface area contributed by atoms with Crippen molar-refractivity contribution in [3.63, 3.8) is 0 Å². The maximum absolute atomic E-state index is 12.5. The van der Waals surface area contributed by atoms with Crippen LogP contribution in [0, 0.1) is 0 Å². The lowest BCUT2D eigenvalue weighted by Gasteiger charge is -2.21. The van der Waals surface area contributed by atoms with Crippen LogP contribution in [0.4, 0.5) is 0 Å². The molecule has 3 atom stereocenters. The van der Waals surface area contributed by atoms with Gasteiger partial charge in [0.05, 0.1) is 18.9 Å². The van der Waals surface area contributed by atoms with Crippen molar-refractivity contribution in [2.45, 2.75) is 102 Å². The molecule has 0 aliphatic rings. The highest BCUT2D eigenvalue weighted by Gasteiger charge is 2.27. The predicted octanol–water partition coefficient (Wildman–Crippen LogP) is -0.526. The summed E-state index contributed by atoms with van der Waals surface area (Å²) in [5.74, 6) is -3.90. The van der Waals surface area contributed by atoms with Gasteiger partial charge in [0.25, 0.3) is 0 Å². The number of amides is 5. The Bertz CT molecular complexity index is 628. The molecule has 0 aliphatic carbocycles. The zero-order valence-corrected chi connectivity index (χ0v) is 18.9. The minimum atomic E-state index is -1.35. The quantitative estimate of drug-likeness (QED) is 0.140. The Morgan fingerprint density at radius 3 is 1.88 bits per heavy atom. The molecule has 0 unspecified atom stereocenters. The summed E-state index contributed by atoms with van der Waals surface area (Å²) in [6, 6.07) is -2.55. The van der Waals surface area contributed by atoms with Crippen molar-refractivity contribution in [1.82, 2.24) is 10.6 Å². The topological polar surface area (TPSA) is 208 Å². The van der Waals surface area contributed by atoms with Crippen LogP contribution in [0.15, 0.2) is 0 Å². The minimum absolute atomic E-state index is 0.120. The fourth-order valence-electron chi connectivity index (χ4n) is 3.16. The summed E-state index contributed by atoms with van der Waals surface area (Å²) >= 11 is 0. The summed E-state index contributed by atoms with van der Waals surface area (Å²) < 4.78 is 0. The van der Waals surface area contributed by atoms with Gasteiger partial charge >= 0.3 is 0 Å². The zero-order valence-electron chi connectivity index (χ0n) is 18.9. The average molecular weight is 458 g/mol. The second-order valence-corrected chi connectivity index (χ2v) is 8.03. The molecule has 0 heterocycles. The van der Waals surface area contributed by atoms with Gasteiger partial charge in [-0.3, -0.25) is 24.0 Å². The molecule has 32 heavy (non-hydrogen) atoms. The molecule has 184 valence electrons. The van der Waals surface area contributed by atoms with Gasteiger partial charge in [0.15, 0.2) is 0 Å². The summed E-state index contributed by atoms with van der Waals surface area (Å²) in [5, 5.41) is 14.7. The molecule has 0 spiro atoms. The van der Waals surface area contributed by atoms with Crippen LogP contribution in [-0.4, -0.2) is 52.8 Å². The minimum Gasteiger partial charge on any atom is -0.393 e. The molecule has 0 aliphatic heterocycles. The van der Waals surface area contributed by atoms with Gasteiger partial charge in [-0.15, -0.1) is 0 Å². The second-order valence-electron chi connectivity index (χ2n) is 8.03. The molecule has 11 heteroatoms. The maximum Gasteiger partial charge on any atom is 0.243 e. The summed E-state index contributed by atoms with van der Waals surface area (Å²) in [4.78, 5) is 58.4. The van der Waals surface area contributed by atoms with Crippen LogP contribution < -0.4 is 27.8 Å². The van der Waals surface area contributed by atoms with Gasteiger partial charge in [-0.2, -0.15) is 0 Å². The summed E-state index contributed by atoms with van der Waals surface area (Å²) in [6.07, 6.45) is 6.10. The number of nitrogens with two attached hydrogens (primary N) is 3. The van der Waals surface area contributed by atoms with E-state index in [0.29, 0.717) is 6.42 Å². The van der Waals surface area contributed by atoms with Crippen molar-refractivity contribution in [3.05, 3.63) is 0 Å². The van der Waals surface area contributed by atoms with Gasteiger partial charge in [-0.05, 0) is 12.8 Å². The van der Waals surface area contributed by atoms with E-state index in [2.05, 4.69) is 17.6 Å². The molecule has 0 saturated heterocycles. The molecule has 0 aromatic heterocycles. The molecular weight excluding hydrogens is 418 g/mol. The molecule has 0 aromatic rings. The van der Waals surface area contributed by atoms with E-state index < -0.39 is 54.1 Å². The summed E-state index contributed by atoms with van der Waals surface area (Å²) in [6.45, 7) is 2.15. The first-order chi connectivity index (χ1) is 15.1. The average Bonchev–Trinajstić information content (AvgIpc) is 2.68. The number of carbonyl (C=O) groups excluding carboxylic acids is 5. The molecule has 0 radical (unpaired) electrons. The number of hydrogen-bond donors (Lipinski definition) is 6. The highest BCUT2D eigenvalue weighted by molar-refractivity contribution is 5.94. The van der Waals surface area contributed by atoms with E-state index in [-0.39, 0.29) is 19.3 Å². The Morgan fingerprint density at radius 1 is 0.750 bits per heavy atom. The lowest BCUT2D eigenvalue weighted by Crippen LogP contribution is -2.54. The molecule has 5 amide bonds. The third-order valence-corrected chi connectivity index (χ3v) is 4.96. The van der Waals surface area contributed by atoms with Crippen LogP contribution in [-0.2, 0) is 24.0 Å². The fraction of sp³-hybridized carbons (Fsp3) is 0.762. The van der Waals surface area contributed by atoms with E-state index in [0.717, 1.165) is 25.7 Å². The Hall–Kier alpha value is -2.69. The van der Waals surface area contributed by atoms with Crippen LogP contribution in [0.3, 0.4) is 0 Å². The van der Waals surface area contributed by atoms with Crippen molar-refractivity contribution < 1.29 is 29.1 Å². The first-order valence-electron chi connectivity index (χ1n) is 11.2. The van der Waals surface area contributed by atoms with Crippen LogP contribution in [0.1, 0.15) is 84.0 Å². The number of aliphatic hydroxyl groups is 1. The van der Waals surface area contributed by atoms with Gasteiger partial charge in [-0.1, -0.05) is 51.9 Å². The lowest BCUT2D eigenvalue weighted by molar-refractivity contribution is -0.133. The van der Waals surface area contributed by atoms with Crippen molar-refractivity contribution in [2.24, 2.45) is 17.2 Å². The second kappa shape index (κ2) is 16.9. The first-order valence-corrected chi connectivity index (χ1v) is 11.2. The molecule has 0 saturated carbocycles. The number of nitrogens with one attached hydrogen (secondary N) is 2. The number of carbonyl (C=O) groups is 5. The van der Waals surface area contributed by atoms with Crippen LogP contribution in [0.5, 0.6) is 0 Å². The van der Waals surface area contributed by atoms with E-state index >= 15 is 0 Å². The third kappa shape index (κ3) is 15.2. The smallest absolute Gasteiger partial charge is 0.243 e. The standard InChI is InChI=1S/C21H39N5O6/c1-2-3-4-5-6-7-8-9-14(27)12-19(30)25-16(13-18(23)29)21(32)26-15(20(24)31)10-11-17(22)28/h14-16,27H,2-13H2,1H3,(H2,22,28)(H2,23,29)(H2,24,31)(H,25,30)(H,26,32)/t14-,15+,16-/m0/s1. The van der Waals surface area contributed by atoms with E-state index in [1.165, 1.54) is 19.3 Å². The normalized spacial score (nSPS) is 13.6. The van der Waals surface area contributed by atoms with Crippen molar-refractivity contribution in [2.75, 3.05) is 0 Å². The Labute approximate surface area is 189 Å². The highest BCUT2D eigenvalue weighted by Crippen LogP contribution is 2.11. The SMILES string of the molecule is CCCCCCCCC[C@H](O)CC(=O)N[C@@H](CC(N)=O)C(=O)N[C@H](CCC(N)=O)C(N)=O. The van der Waals surface area contributed by atoms with Gasteiger partial charge in [-0.25, -0.2) is 0 Å². The predicted molar refractivity (Wildman–Crippen MR) is 119 cm³/mol. The highest BCUT2D eigenvalue weighted by atomic mass is 16.3. The van der Waals surface area contributed by atoms with Crippen LogP contribution in [0.2, 0.25) is 0 Å². The van der Waals surface area contributed by atoms with Crippen LogP contribution >= 0.6 is 0 Å². The van der Waals surface area contributed by atoms with Gasteiger partial charge in [0.2, 0.25) is 29.5 Å². The molecule has 9 N–H and O–H groups in total. The van der Waals surface area contributed by atoms with E-state index in [1.807, 2.05) is 0 Å². The maximum atomic E-state index is 12.5. The van der Waals surface area contributed by atoms with E-state index in [9.17, 15) is 29.1 Å². The van der Waals surface area contributed by atoms with Crippen LogP contribution in [0.25, 0.3) is 0 Å². The fourth-order valence-corrected chi connectivity index (χ4v) is 3.16. The van der Waals surface area contributed by atoms with E-state index in [4.69, 9.17) is 17.2 Å². The molecule has 0 bridgehead atoms. The van der Waals surface area contributed by atoms with E-state index in [1.54, 1.807) is 0 Å². The molecule has 0 rings (SSSR count). The monoisotopic (exact) mass is 457 g/mol. The van der Waals surface area contributed by atoms with Gasteiger partial charge in [0, 0.05) is 6.42 Å². The lowest BCUT2D eigenvalue weighted by atomic mass is 10.0. The number of rotatable bonds is 19. The molecular formula is C21H39N5O6. The molecule has 11 nitrogen and oxygen atoms in total. The van der Waals surface area contributed by atoms with Crippen molar-refractivity contribution >= 4 is 29.5 Å². The summed E-state index contributed by atoms with van der Waals surface area (Å²) in [7, 11) is 0. The molecule has 0 fully saturated rings. The Morgan fingerprint density at radius 2 is 1.34 bits per heavy atom. The number of primary amides is 3. The number of hydrogen-bond acceptors (Lipinski definition) is 6.